The Labute approximate surface area is 163 Å². The lowest BCUT2D eigenvalue weighted by atomic mass is 9.79. The molecule has 2 heterocycles. The number of amides is 4. The fraction of sp³-hybridized carbons (Fsp3) is 0.429. The standard InChI is InChI=1S/C21H24N2O5/c1-10(24)23-17(25)15(22-19(23)27)14-12-8-11(20(2,3)4)9-13(21(5,6)7)16(12)28-18(14)26/h8-9,26H,1-7H3. The molecule has 7 heteroatoms. The maximum atomic E-state index is 12.6. The predicted molar refractivity (Wildman–Crippen MR) is 105 cm³/mol. The molecule has 3 rings (SSSR count). The molecule has 0 saturated carbocycles. The topological polar surface area (TPSA) is 100 Å². The smallest absolute Gasteiger partial charge is 0.358 e. The number of hydrogen-bond acceptors (Lipinski definition) is 5. The Morgan fingerprint density at radius 3 is 2.14 bits per heavy atom. The molecular formula is C21H24N2O5. The van der Waals surface area contributed by atoms with E-state index in [2.05, 4.69) is 25.8 Å². The number of imide groups is 3. The highest BCUT2D eigenvalue weighted by Crippen LogP contribution is 2.41. The summed E-state index contributed by atoms with van der Waals surface area (Å²) < 4.78 is 5.62. The zero-order valence-electron chi connectivity index (χ0n) is 17.1. The summed E-state index contributed by atoms with van der Waals surface area (Å²) in [5.74, 6) is -2.10. The fourth-order valence-corrected chi connectivity index (χ4v) is 3.23. The molecule has 1 aromatic heterocycles. The molecule has 7 nitrogen and oxygen atoms in total. The van der Waals surface area contributed by atoms with Gasteiger partial charge in [0, 0.05) is 17.9 Å². The molecule has 0 spiro atoms. The van der Waals surface area contributed by atoms with Crippen LogP contribution in [0.2, 0.25) is 0 Å². The lowest BCUT2D eigenvalue weighted by molar-refractivity contribution is -0.134. The van der Waals surface area contributed by atoms with Crippen molar-refractivity contribution in [2.24, 2.45) is 4.99 Å². The molecule has 0 bridgehead atoms. The van der Waals surface area contributed by atoms with E-state index in [-0.39, 0.29) is 22.1 Å². The van der Waals surface area contributed by atoms with Gasteiger partial charge >= 0.3 is 6.03 Å². The van der Waals surface area contributed by atoms with E-state index in [4.69, 9.17) is 4.42 Å². The number of rotatable bonds is 1. The minimum Gasteiger partial charge on any atom is -0.480 e. The van der Waals surface area contributed by atoms with E-state index in [1.807, 2.05) is 32.9 Å². The Kier molecular flexibility index (Phi) is 4.26. The number of nitrogens with zero attached hydrogens (tertiary/aromatic N) is 2. The normalized spacial score (nSPS) is 15.5. The summed E-state index contributed by atoms with van der Waals surface area (Å²) >= 11 is 0. The van der Waals surface area contributed by atoms with Gasteiger partial charge in [-0.05, 0) is 22.5 Å². The third kappa shape index (κ3) is 3.00. The van der Waals surface area contributed by atoms with Gasteiger partial charge in [0.25, 0.3) is 11.9 Å². The Morgan fingerprint density at radius 1 is 1.07 bits per heavy atom. The second-order valence-corrected chi connectivity index (χ2v) is 9.09. The van der Waals surface area contributed by atoms with Crippen LogP contribution in [0.3, 0.4) is 0 Å². The van der Waals surface area contributed by atoms with E-state index in [9.17, 15) is 19.5 Å². The van der Waals surface area contributed by atoms with E-state index in [0.717, 1.165) is 18.1 Å². The van der Waals surface area contributed by atoms with Crippen molar-refractivity contribution >= 4 is 34.5 Å². The van der Waals surface area contributed by atoms with Gasteiger partial charge in [-0.15, -0.1) is 0 Å². The second kappa shape index (κ2) is 6.02. The van der Waals surface area contributed by atoms with Crippen LogP contribution in [0.25, 0.3) is 11.0 Å². The van der Waals surface area contributed by atoms with Crippen LogP contribution in [0.15, 0.2) is 21.5 Å². The average Bonchev–Trinajstić information content (AvgIpc) is 2.99. The molecule has 1 aromatic carbocycles. The highest BCUT2D eigenvalue weighted by molar-refractivity contribution is 6.55. The first-order valence-electron chi connectivity index (χ1n) is 9.02. The maximum Gasteiger partial charge on any atom is 0.358 e. The van der Waals surface area contributed by atoms with Crippen LogP contribution in [-0.2, 0) is 20.4 Å². The fourth-order valence-electron chi connectivity index (χ4n) is 3.23. The van der Waals surface area contributed by atoms with Crippen LogP contribution in [-0.4, -0.2) is 33.6 Å². The van der Waals surface area contributed by atoms with E-state index < -0.39 is 23.8 Å². The van der Waals surface area contributed by atoms with Crippen molar-refractivity contribution in [2.45, 2.75) is 59.3 Å². The van der Waals surface area contributed by atoms with Gasteiger partial charge in [0.2, 0.25) is 5.91 Å². The number of benzene rings is 1. The van der Waals surface area contributed by atoms with Crippen molar-refractivity contribution < 1.29 is 23.9 Å². The van der Waals surface area contributed by atoms with Crippen molar-refractivity contribution in [3.8, 4) is 5.95 Å². The largest absolute Gasteiger partial charge is 0.480 e. The zero-order valence-corrected chi connectivity index (χ0v) is 17.1. The van der Waals surface area contributed by atoms with Crippen molar-refractivity contribution in [3.05, 3.63) is 28.8 Å². The van der Waals surface area contributed by atoms with E-state index in [1.54, 1.807) is 0 Å². The van der Waals surface area contributed by atoms with Crippen molar-refractivity contribution in [2.75, 3.05) is 0 Å². The molecule has 28 heavy (non-hydrogen) atoms. The van der Waals surface area contributed by atoms with Crippen molar-refractivity contribution in [1.29, 1.82) is 0 Å². The predicted octanol–water partition coefficient (Wildman–Crippen LogP) is 4.03. The Hall–Kier alpha value is -2.96. The van der Waals surface area contributed by atoms with Gasteiger partial charge in [-0.3, -0.25) is 9.59 Å². The second-order valence-electron chi connectivity index (χ2n) is 9.09. The number of urea groups is 1. The van der Waals surface area contributed by atoms with Crippen LogP contribution in [0.1, 0.15) is 65.2 Å². The first-order valence-corrected chi connectivity index (χ1v) is 9.02. The molecule has 0 unspecified atom stereocenters. The summed E-state index contributed by atoms with van der Waals surface area (Å²) in [5.41, 5.74) is 1.50. The molecule has 0 saturated heterocycles. The van der Waals surface area contributed by atoms with Crippen LogP contribution < -0.4 is 0 Å². The molecule has 1 aliphatic heterocycles. The van der Waals surface area contributed by atoms with Crippen LogP contribution in [0.5, 0.6) is 5.95 Å². The highest BCUT2D eigenvalue weighted by Gasteiger charge is 2.40. The number of aromatic hydroxyl groups is 1. The molecule has 1 N–H and O–H groups in total. The van der Waals surface area contributed by atoms with Gasteiger partial charge in [-0.25, -0.2) is 4.79 Å². The minimum absolute atomic E-state index is 0.0358. The summed E-state index contributed by atoms with van der Waals surface area (Å²) in [4.78, 5) is 40.4. The Balaban J connectivity index is 2.36. The van der Waals surface area contributed by atoms with Gasteiger partial charge in [0.05, 0.1) is 5.56 Å². The Bertz CT molecular complexity index is 1060. The van der Waals surface area contributed by atoms with Crippen LogP contribution >= 0.6 is 0 Å². The Morgan fingerprint density at radius 2 is 1.68 bits per heavy atom. The summed E-state index contributed by atoms with van der Waals surface area (Å²) in [6.45, 7) is 13.3. The molecule has 0 aliphatic carbocycles. The summed E-state index contributed by atoms with van der Waals surface area (Å²) in [6.07, 6.45) is 0. The van der Waals surface area contributed by atoms with Crippen molar-refractivity contribution in [3.63, 3.8) is 0 Å². The number of fused-ring (bicyclic) bond motifs is 1. The molecule has 148 valence electrons. The third-order valence-electron chi connectivity index (χ3n) is 4.80. The molecular weight excluding hydrogens is 360 g/mol. The van der Waals surface area contributed by atoms with Gasteiger partial charge in [-0.1, -0.05) is 47.6 Å². The minimum atomic E-state index is -0.968. The summed E-state index contributed by atoms with van der Waals surface area (Å²) in [7, 11) is 0. The first-order chi connectivity index (χ1) is 12.7. The van der Waals surface area contributed by atoms with E-state index in [1.165, 1.54) is 0 Å². The number of carbonyl (C=O) groups excluding carboxylic acids is 3. The molecule has 4 amide bonds. The third-order valence-corrected chi connectivity index (χ3v) is 4.80. The average molecular weight is 384 g/mol. The van der Waals surface area contributed by atoms with Gasteiger partial charge in [-0.2, -0.15) is 9.89 Å². The number of aliphatic imine (C=N–C) groups is 1. The number of furan rings is 1. The molecule has 2 aromatic rings. The quantitative estimate of drug-likeness (QED) is 0.800. The molecule has 0 radical (unpaired) electrons. The first kappa shape index (κ1) is 19.8. The molecule has 1 aliphatic rings. The SMILES string of the molecule is CC(=O)N1C(=O)N=C(c2c(O)oc3c(C(C)(C)C)cc(C(C)(C)C)cc23)C1=O. The highest BCUT2D eigenvalue weighted by atomic mass is 16.5. The van der Waals surface area contributed by atoms with Crippen molar-refractivity contribution in [1.82, 2.24) is 4.90 Å². The van der Waals surface area contributed by atoms with Crippen LogP contribution in [0, 0.1) is 0 Å². The monoisotopic (exact) mass is 384 g/mol. The lowest BCUT2D eigenvalue weighted by Crippen LogP contribution is -2.36. The van der Waals surface area contributed by atoms with Crippen LogP contribution in [0.4, 0.5) is 4.79 Å². The van der Waals surface area contributed by atoms with Gasteiger partial charge < -0.3 is 9.52 Å². The number of carbonyl (C=O) groups is 3. The zero-order chi connectivity index (χ0) is 21.2. The van der Waals surface area contributed by atoms with Gasteiger partial charge in [0.15, 0.2) is 0 Å². The maximum absolute atomic E-state index is 12.6. The summed E-state index contributed by atoms with van der Waals surface area (Å²) in [5, 5.41) is 11.0. The van der Waals surface area contributed by atoms with E-state index in [0.29, 0.717) is 15.9 Å². The summed E-state index contributed by atoms with van der Waals surface area (Å²) in [6, 6.07) is 2.89. The number of hydrogen-bond donors (Lipinski definition) is 1. The van der Waals surface area contributed by atoms with E-state index >= 15 is 0 Å². The van der Waals surface area contributed by atoms with Gasteiger partial charge in [0.1, 0.15) is 11.3 Å². The molecule has 0 atom stereocenters. The molecule has 0 fully saturated rings. The lowest BCUT2D eigenvalue weighted by Gasteiger charge is -2.25.